The lowest BCUT2D eigenvalue weighted by Gasteiger charge is -2.33. The Morgan fingerprint density at radius 2 is 1.95 bits per heavy atom. The van der Waals surface area contributed by atoms with Crippen LogP contribution in [0.2, 0.25) is 0 Å². The molecule has 0 aromatic carbocycles. The number of aromatic nitrogens is 5. The quantitative estimate of drug-likeness (QED) is 0.748. The van der Waals surface area contributed by atoms with Crippen LogP contribution in [0.5, 0.6) is 0 Å². The third-order valence-corrected chi connectivity index (χ3v) is 6.03. The van der Waals surface area contributed by atoms with Gasteiger partial charge in [0.1, 0.15) is 0 Å². The molecule has 21 heavy (non-hydrogen) atoms. The highest BCUT2D eigenvalue weighted by molar-refractivity contribution is 7.89. The Morgan fingerprint density at radius 3 is 2.48 bits per heavy atom. The van der Waals surface area contributed by atoms with Crippen molar-refractivity contribution in [1.82, 2.24) is 29.5 Å². The van der Waals surface area contributed by atoms with Gasteiger partial charge in [-0.3, -0.25) is 0 Å². The van der Waals surface area contributed by atoms with Crippen LogP contribution in [-0.2, 0) is 17.1 Å². The van der Waals surface area contributed by atoms with Gasteiger partial charge in [0.05, 0.1) is 5.01 Å². The van der Waals surface area contributed by atoms with E-state index in [1.807, 2.05) is 4.90 Å². The highest BCUT2D eigenvalue weighted by Gasteiger charge is 2.31. The lowest BCUT2D eigenvalue weighted by Crippen LogP contribution is -2.49. The Balaban J connectivity index is 1.72. The summed E-state index contributed by atoms with van der Waals surface area (Å²) in [4.78, 5) is 6.05. The summed E-state index contributed by atoms with van der Waals surface area (Å²) in [6.07, 6.45) is 0. The van der Waals surface area contributed by atoms with Crippen LogP contribution in [0.4, 0.5) is 5.95 Å². The van der Waals surface area contributed by atoms with Crippen molar-refractivity contribution in [3.05, 3.63) is 10.4 Å². The van der Waals surface area contributed by atoms with E-state index in [1.165, 1.54) is 15.6 Å². The summed E-state index contributed by atoms with van der Waals surface area (Å²) in [5.74, 6) is 0.650. The molecule has 1 aliphatic heterocycles. The van der Waals surface area contributed by atoms with Crippen LogP contribution in [0.3, 0.4) is 0 Å². The topological polar surface area (TPSA) is 97.1 Å². The van der Waals surface area contributed by atoms with Crippen molar-refractivity contribution in [2.45, 2.75) is 11.9 Å². The third kappa shape index (κ3) is 2.63. The van der Waals surface area contributed by atoms with Gasteiger partial charge in [0.25, 0.3) is 10.0 Å². The molecule has 1 saturated heterocycles. The Bertz CT molecular complexity index is 730. The fourth-order valence-electron chi connectivity index (χ4n) is 2.22. The van der Waals surface area contributed by atoms with Crippen LogP contribution in [0.15, 0.2) is 10.4 Å². The number of thiazole rings is 1. The maximum Gasteiger partial charge on any atom is 0.261 e. The summed E-state index contributed by atoms with van der Waals surface area (Å²) in [7, 11) is -1.74. The zero-order valence-corrected chi connectivity index (χ0v) is 13.3. The van der Waals surface area contributed by atoms with Crippen molar-refractivity contribution in [3.63, 3.8) is 0 Å². The molecule has 11 heteroatoms. The van der Waals surface area contributed by atoms with E-state index in [-0.39, 0.29) is 5.03 Å². The van der Waals surface area contributed by atoms with Crippen LogP contribution in [-0.4, -0.2) is 64.1 Å². The Hall–Kier alpha value is -1.59. The molecule has 114 valence electrons. The van der Waals surface area contributed by atoms with Crippen molar-refractivity contribution in [1.29, 1.82) is 0 Å². The van der Waals surface area contributed by atoms with E-state index in [0.29, 0.717) is 32.1 Å². The summed E-state index contributed by atoms with van der Waals surface area (Å²) < 4.78 is 28.0. The molecule has 2 aromatic rings. The first-order valence-electron chi connectivity index (χ1n) is 6.38. The van der Waals surface area contributed by atoms with Crippen molar-refractivity contribution in [2.75, 3.05) is 31.1 Å². The SMILES string of the molecule is Cc1nc(S(=O)(=O)N2CCN(c3nnnn3C)CC2)cs1. The standard InChI is InChI=1S/C10H15N7O2S2/c1-8-11-9(7-20-8)21(18,19)17-5-3-16(4-6-17)10-12-13-14-15(10)2/h7H,3-6H2,1-2H3. The maximum absolute atomic E-state index is 12.5. The molecule has 0 bridgehead atoms. The zero-order chi connectivity index (χ0) is 15.0. The van der Waals surface area contributed by atoms with Crippen molar-refractivity contribution < 1.29 is 8.42 Å². The van der Waals surface area contributed by atoms with Gasteiger partial charge in [-0.05, 0) is 17.4 Å². The van der Waals surface area contributed by atoms with Gasteiger partial charge < -0.3 is 4.90 Å². The number of nitrogens with zero attached hydrogens (tertiary/aromatic N) is 7. The first-order chi connectivity index (χ1) is 9.98. The van der Waals surface area contributed by atoms with Crippen molar-refractivity contribution in [3.8, 4) is 0 Å². The first-order valence-corrected chi connectivity index (χ1v) is 8.70. The zero-order valence-electron chi connectivity index (χ0n) is 11.7. The molecule has 2 aromatic heterocycles. The minimum absolute atomic E-state index is 0.138. The molecule has 0 unspecified atom stereocenters. The molecule has 3 rings (SSSR count). The molecule has 1 aliphatic rings. The molecule has 0 atom stereocenters. The minimum atomic E-state index is -3.50. The normalized spacial score (nSPS) is 17.3. The molecule has 0 N–H and O–H groups in total. The number of sulfonamides is 1. The highest BCUT2D eigenvalue weighted by atomic mass is 32.2. The number of anilines is 1. The third-order valence-electron chi connectivity index (χ3n) is 3.32. The number of piperazine rings is 1. The summed E-state index contributed by atoms with van der Waals surface area (Å²) >= 11 is 1.34. The van der Waals surface area contributed by atoms with Crippen LogP contribution in [0.25, 0.3) is 0 Å². The second-order valence-electron chi connectivity index (χ2n) is 4.70. The van der Waals surface area contributed by atoms with Gasteiger partial charge in [0, 0.05) is 38.6 Å². The van der Waals surface area contributed by atoms with E-state index < -0.39 is 10.0 Å². The molecule has 1 fully saturated rings. The van der Waals surface area contributed by atoms with Crippen LogP contribution in [0.1, 0.15) is 5.01 Å². The van der Waals surface area contributed by atoms with Gasteiger partial charge in [0.15, 0.2) is 5.03 Å². The van der Waals surface area contributed by atoms with Gasteiger partial charge in [-0.15, -0.1) is 11.3 Å². The maximum atomic E-state index is 12.5. The Kier molecular flexibility index (Phi) is 3.63. The molecular formula is C10H15N7O2S2. The van der Waals surface area contributed by atoms with Crippen LogP contribution >= 0.6 is 11.3 Å². The van der Waals surface area contributed by atoms with E-state index in [2.05, 4.69) is 20.5 Å². The van der Waals surface area contributed by atoms with Gasteiger partial charge in [-0.2, -0.15) is 4.31 Å². The van der Waals surface area contributed by atoms with Gasteiger partial charge in [-0.1, -0.05) is 5.10 Å². The molecule has 0 radical (unpaired) electrons. The number of hydrogen-bond donors (Lipinski definition) is 0. The van der Waals surface area contributed by atoms with E-state index in [0.717, 1.165) is 5.01 Å². The summed E-state index contributed by atoms with van der Waals surface area (Å²) in [6.45, 7) is 3.69. The van der Waals surface area contributed by atoms with Crippen molar-refractivity contribution >= 4 is 27.3 Å². The average molecular weight is 329 g/mol. The Morgan fingerprint density at radius 1 is 1.24 bits per heavy atom. The Labute approximate surface area is 126 Å². The predicted molar refractivity (Wildman–Crippen MR) is 76.6 cm³/mol. The van der Waals surface area contributed by atoms with Gasteiger partial charge >= 0.3 is 0 Å². The molecule has 3 heterocycles. The molecule has 0 spiro atoms. The van der Waals surface area contributed by atoms with Crippen LogP contribution in [0, 0.1) is 6.92 Å². The van der Waals surface area contributed by atoms with Crippen LogP contribution < -0.4 is 4.90 Å². The average Bonchev–Trinajstić information content (AvgIpc) is 3.08. The lowest BCUT2D eigenvalue weighted by atomic mass is 10.4. The monoisotopic (exact) mass is 329 g/mol. The van der Waals surface area contributed by atoms with E-state index in [4.69, 9.17) is 0 Å². The molecule has 0 amide bonds. The second-order valence-corrected chi connectivity index (χ2v) is 7.65. The van der Waals surface area contributed by atoms with Gasteiger partial charge in [0.2, 0.25) is 5.95 Å². The number of hydrogen-bond acceptors (Lipinski definition) is 8. The summed E-state index contributed by atoms with van der Waals surface area (Å²) in [6, 6.07) is 0. The smallest absolute Gasteiger partial charge is 0.261 e. The van der Waals surface area contributed by atoms with Gasteiger partial charge in [-0.25, -0.2) is 18.1 Å². The summed E-state index contributed by atoms with van der Waals surface area (Å²) in [5, 5.41) is 13.8. The number of aryl methyl sites for hydroxylation is 2. The predicted octanol–water partition coefficient (Wildman–Crippen LogP) is -0.514. The largest absolute Gasteiger partial charge is 0.337 e. The molecule has 0 saturated carbocycles. The van der Waals surface area contributed by atoms with E-state index in [9.17, 15) is 8.42 Å². The number of rotatable bonds is 3. The molecule has 0 aliphatic carbocycles. The molecule has 9 nitrogen and oxygen atoms in total. The minimum Gasteiger partial charge on any atom is -0.337 e. The molecular weight excluding hydrogens is 314 g/mol. The highest BCUT2D eigenvalue weighted by Crippen LogP contribution is 2.20. The first kappa shape index (κ1) is 14.4. The van der Waals surface area contributed by atoms with E-state index in [1.54, 1.807) is 24.0 Å². The summed E-state index contributed by atoms with van der Waals surface area (Å²) in [5.41, 5.74) is 0. The fourth-order valence-corrected chi connectivity index (χ4v) is 4.54. The fraction of sp³-hybridized carbons (Fsp3) is 0.600. The second kappa shape index (κ2) is 5.31. The number of tetrazole rings is 1. The van der Waals surface area contributed by atoms with E-state index >= 15 is 0 Å². The lowest BCUT2D eigenvalue weighted by molar-refractivity contribution is 0.379. The van der Waals surface area contributed by atoms with Crippen molar-refractivity contribution in [2.24, 2.45) is 7.05 Å².